The van der Waals surface area contributed by atoms with Crippen LogP contribution < -0.4 is 5.32 Å². The normalized spacial score (nSPS) is 25.5. The van der Waals surface area contributed by atoms with Crippen LogP contribution in [0.3, 0.4) is 0 Å². The third-order valence-corrected chi connectivity index (χ3v) is 7.12. The highest BCUT2D eigenvalue weighted by Gasteiger charge is 2.36. The molecule has 2 aliphatic heterocycles. The van der Waals surface area contributed by atoms with Crippen LogP contribution in [0.15, 0.2) is 24.3 Å². The van der Waals surface area contributed by atoms with Gasteiger partial charge in [0.1, 0.15) is 0 Å². The van der Waals surface area contributed by atoms with Gasteiger partial charge >= 0.3 is 0 Å². The molecular formula is C19H30N4O4S. The molecule has 0 bridgehead atoms. The maximum absolute atomic E-state index is 12.9. The molecule has 8 nitrogen and oxygen atoms in total. The summed E-state index contributed by atoms with van der Waals surface area (Å²) >= 11 is 0. The van der Waals surface area contributed by atoms with Crippen LogP contribution in [0.5, 0.6) is 0 Å². The number of anilines is 1. The Labute approximate surface area is 167 Å². The minimum absolute atomic E-state index is 0.0820. The predicted molar refractivity (Wildman–Crippen MR) is 108 cm³/mol. The number of hydrogen-bond acceptors (Lipinski definition) is 5. The van der Waals surface area contributed by atoms with Crippen LogP contribution in [0.1, 0.15) is 19.4 Å². The molecule has 0 aromatic heterocycles. The van der Waals surface area contributed by atoms with E-state index in [1.807, 2.05) is 49.9 Å². The van der Waals surface area contributed by atoms with Crippen molar-refractivity contribution in [3.63, 3.8) is 0 Å². The number of ether oxygens (including phenoxy) is 1. The van der Waals surface area contributed by atoms with Crippen molar-refractivity contribution >= 4 is 21.8 Å². The molecule has 0 spiro atoms. The molecule has 0 radical (unpaired) electrons. The summed E-state index contributed by atoms with van der Waals surface area (Å²) in [7, 11) is -3.50. The number of morpholine rings is 1. The Morgan fingerprint density at radius 1 is 1.07 bits per heavy atom. The smallest absolute Gasteiger partial charge is 0.282 e. The monoisotopic (exact) mass is 410 g/mol. The van der Waals surface area contributed by atoms with Crippen molar-refractivity contribution in [1.82, 2.24) is 13.5 Å². The van der Waals surface area contributed by atoms with Gasteiger partial charge in [-0.3, -0.25) is 9.69 Å². The van der Waals surface area contributed by atoms with Gasteiger partial charge in [-0.05, 0) is 32.4 Å². The van der Waals surface area contributed by atoms with E-state index in [1.165, 1.54) is 8.61 Å². The van der Waals surface area contributed by atoms with Gasteiger partial charge in [0.05, 0.1) is 18.8 Å². The number of piperazine rings is 1. The summed E-state index contributed by atoms with van der Waals surface area (Å²) in [5.41, 5.74) is 1.82. The van der Waals surface area contributed by atoms with Crippen LogP contribution in [0, 0.1) is 6.92 Å². The van der Waals surface area contributed by atoms with Crippen LogP contribution in [0.2, 0.25) is 0 Å². The van der Waals surface area contributed by atoms with Gasteiger partial charge in [0.15, 0.2) is 0 Å². The molecule has 2 saturated heterocycles. The largest absolute Gasteiger partial charge is 0.373 e. The molecule has 2 fully saturated rings. The van der Waals surface area contributed by atoms with E-state index in [2.05, 4.69) is 5.32 Å². The summed E-state index contributed by atoms with van der Waals surface area (Å²) in [6.45, 7) is 8.61. The van der Waals surface area contributed by atoms with E-state index in [9.17, 15) is 13.2 Å². The number of hydrogen-bond donors (Lipinski definition) is 1. The van der Waals surface area contributed by atoms with E-state index in [0.717, 1.165) is 11.3 Å². The van der Waals surface area contributed by atoms with Gasteiger partial charge in [-0.1, -0.05) is 18.2 Å². The standard InChI is InChI=1S/C19H30N4O4S/c1-15-6-4-5-7-18(15)20-19(24)14-21-8-10-22(11-9-21)28(25,26)23-12-16(2)27-17(3)13-23/h4-7,16-17H,8-14H2,1-3H3,(H,20,24). The highest BCUT2D eigenvalue weighted by molar-refractivity contribution is 7.86. The highest BCUT2D eigenvalue weighted by Crippen LogP contribution is 2.19. The molecule has 2 unspecified atom stereocenters. The fourth-order valence-corrected chi connectivity index (χ4v) is 5.45. The van der Waals surface area contributed by atoms with E-state index in [4.69, 9.17) is 4.74 Å². The zero-order chi connectivity index (χ0) is 20.3. The van der Waals surface area contributed by atoms with Crippen molar-refractivity contribution in [3.8, 4) is 0 Å². The first-order valence-corrected chi connectivity index (χ1v) is 11.1. The zero-order valence-corrected chi connectivity index (χ0v) is 17.6. The van der Waals surface area contributed by atoms with Gasteiger partial charge in [-0.15, -0.1) is 0 Å². The highest BCUT2D eigenvalue weighted by atomic mass is 32.2. The van der Waals surface area contributed by atoms with E-state index < -0.39 is 10.2 Å². The fourth-order valence-electron chi connectivity index (χ4n) is 3.71. The van der Waals surface area contributed by atoms with Gasteiger partial charge in [0.2, 0.25) is 5.91 Å². The summed E-state index contributed by atoms with van der Waals surface area (Å²) in [4.78, 5) is 14.3. The second-order valence-corrected chi connectivity index (χ2v) is 9.55. The molecule has 1 amide bonds. The van der Waals surface area contributed by atoms with Crippen molar-refractivity contribution in [2.45, 2.75) is 33.0 Å². The third kappa shape index (κ3) is 5.09. The first-order chi connectivity index (χ1) is 13.3. The molecule has 1 aromatic rings. The minimum atomic E-state index is -3.50. The van der Waals surface area contributed by atoms with Crippen LogP contribution in [0.4, 0.5) is 5.69 Å². The average molecular weight is 411 g/mol. The quantitative estimate of drug-likeness (QED) is 0.780. The van der Waals surface area contributed by atoms with E-state index in [0.29, 0.717) is 39.3 Å². The number of para-hydroxylation sites is 1. The Morgan fingerprint density at radius 2 is 1.68 bits per heavy atom. The van der Waals surface area contributed by atoms with Gasteiger partial charge < -0.3 is 10.1 Å². The predicted octanol–water partition coefficient (Wildman–Crippen LogP) is 0.905. The van der Waals surface area contributed by atoms with E-state index in [1.54, 1.807) is 0 Å². The first-order valence-electron chi connectivity index (χ1n) is 9.74. The van der Waals surface area contributed by atoms with E-state index in [-0.39, 0.29) is 24.7 Å². The Kier molecular flexibility index (Phi) is 6.72. The third-order valence-electron chi connectivity index (χ3n) is 5.16. The number of rotatable bonds is 5. The Balaban J connectivity index is 1.51. The van der Waals surface area contributed by atoms with Crippen molar-refractivity contribution in [3.05, 3.63) is 29.8 Å². The Morgan fingerprint density at radius 3 is 2.29 bits per heavy atom. The van der Waals surface area contributed by atoms with Crippen LogP contribution >= 0.6 is 0 Å². The van der Waals surface area contributed by atoms with Gasteiger partial charge in [0, 0.05) is 45.0 Å². The number of benzene rings is 1. The Bertz CT molecular complexity index is 783. The maximum Gasteiger partial charge on any atom is 0.282 e. The van der Waals surface area contributed by atoms with Crippen molar-refractivity contribution in [1.29, 1.82) is 0 Å². The lowest BCUT2D eigenvalue weighted by atomic mass is 10.2. The molecule has 1 aromatic carbocycles. The second-order valence-electron chi connectivity index (χ2n) is 7.62. The van der Waals surface area contributed by atoms with Gasteiger partial charge in [-0.2, -0.15) is 17.0 Å². The summed E-state index contributed by atoms with van der Waals surface area (Å²) in [6.07, 6.45) is -0.213. The molecular weight excluding hydrogens is 380 g/mol. The number of amides is 1. The molecule has 1 N–H and O–H groups in total. The van der Waals surface area contributed by atoms with Crippen molar-refractivity contribution in [2.75, 3.05) is 51.1 Å². The second kappa shape index (κ2) is 8.87. The lowest BCUT2D eigenvalue weighted by Crippen LogP contribution is -2.57. The number of aryl methyl sites for hydroxylation is 1. The maximum atomic E-state index is 12.9. The molecule has 156 valence electrons. The molecule has 0 saturated carbocycles. The van der Waals surface area contributed by atoms with Crippen LogP contribution in [-0.2, 0) is 19.7 Å². The van der Waals surface area contributed by atoms with Crippen LogP contribution in [-0.4, -0.2) is 85.9 Å². The minimum Gasteiger partial charge on any atom is -0.373 e. The molecule has 2 heterocycles. The molecule has 9 heteroatoms. The van der Waals surface area contributed by atoms with Crippen LogP contribution in [0.25, 0.3) is 0 Å². The number of carbonyl (C=O) groups is 1. The number of nitrogens with one attached hydrogen (secondary N) is 1. The SMILES string of the molecule is Cc1ccccc1NC(=O)CN1CCN(S(=O)(=O)N2CC(C)OC(C)C2)CC1. The topological polar surface area (TPSA) is 82.2 Å². The Hall–Kier alpha value is -1.52. The number of carbonyl (C=O) groups excluding carboxylic acids is 1. The fraction of sp³-hybridized carbons (Fsp3) is 0.632. The van der Waals surface area contributed by atoms with Gasteiger partial charge in [-0.25, -0.2) is 0 Å². The summed E-state index contributed by atoms with van der Waals surface area (Å²) in [5.74, 6) is -0.0820. The molecule has 3 rings (SSSR count). The molecule has 2 aliphatic rings. The molecule has 2 atom stereocenters. The summed E-state index contributed by atoms with van der Waals surface area (Å²) < 4.78 is 34.6. The lowest BCUT2D eigenvalue weighted by molar-refractivity contribution is -0.117. The summed E-state index contributed by atoms with van der Waals surface area (Å²) in [6, 6.07) is 7.65. The summed E-state index contributed by atoms with van der Waals surface area (Å²) in [5, 5.41) is 2.93. The van der Waals surface area contributed by atoms with Crippen molar-refractivity contribution in [2.24, 2.45) is 0 Å². The zero-order valence-electron chi connectivity index (χ0n) is 16.8. The van der Waals surface area contributed by atoms with Crippen molar-refractivity contribution < 1.29 is 17.9 Å². The number of nitrogens with zero attached hydrogens (tertiary/aromatic N) is 3. The van der Waals surface area contributed by atoms with E-state index >= 15 is 0 Å². The molecule has 28 heavy (non-hydrogen) atoms. The average Bonchev–Trinajstić information content (AvgIpc) is 2.63. The first kappa shape index (κ1) is 21.2. The van der Waals surface area contributed by atoms with Gasteiger partial charge in [0.25, 0.3) is 10.2 Å². The molecule has 0 aliphatic carbocycles. The lowest BCUT2D eigenvalue weighted by Gasteiger charge is -2.40.